The molecule has 8 nitrogen and oxygen atoms in total. The van der Waals surface area contributed by atoms with E-state index in [9.17, 15) is 23.5 Å². The van der Waals surface area contributed by atoms with Crippen molar-refractivity contribution in [2.75, 3.05) is 26.3 Å². The molecule has 0 aliphatic carbocycles. The van der Waals surface area contributed by atoms with E-state index in [1.807, 2.05) is 0 Å². The summed E-state index contributed by atoms with van der Waals surface area (Å²) in [5.41, 5.74) is -4.06. The molecule has 0 saturated heterocycles. The van der Waals surface area contributed by atoms with E-state index in [1.54, 1.807) is 6.92 Å². The van der Waals surface area contributed by atoms with E-state index >= 15 is 8.78 Å². The van der Waals surface area contributed by atoms with E-state index in [2.05, 4.69) is 9.47 Å². The summed E-state index contributed by atoms with van der Waals surface area (Å²) in [5, 5.41) is 11.3. The molecule has 1 rings (SSSR count). The first-order valence-corrected chi connectivity index (χ1v) is 9.92. The highest BCUT2D eigenvalue weighted by atomic mass is 32.2. The number of rotatable bonds is 11. The summed E-state index contributed by atoms with van der Waals surface area (Å²) in [5.74, 6) is -7.03. The number of hydrogen-bond acceptors (Lipinski definition) is 6. The molecule has 0 heterocycles. The summed E-state index contributed by atoms with van der Waals surface area (Å²) in [7, 11) is -0.924. The SMILES string of the molecule is CCC[S@@](=O)N(C)[C@](C)(c1cccc([N+](=O)[O-])c1OCF)C(F)(F)C(=O)OCC. The zero-order chi connectivity index (χ0) is 22.4. The van der Waals surface area contributed by atoms with Crippen LogP contribution in [0, 0.1) is 10.1 Å². The van der Waals surface area contributed by atoms with Gasteiger partial charge >= 0.3 is 17.6 Å². The Morgan fingerprint density at radius 1 is 1.34 bits per heavy atom. The fourth-order valence-corrected chi connectivity index (χ4v) is 3.97. The van der Waals surface area contributed by atoms with Gasteiger partial charge in [0.25, 0.3) is 0 Å². The molecular weight excluding hydrogens is 417 g/mol. The van der Waals surface area contributed by atoms with Gasteiger partial charge in [0.2, 0.25) is 12.6 Å². The van der Waals surface area contributed by atoms with E-state index < -0.39 is 57.2 Å². The van der Waals surface area contributed by atoms with Crippen LogP contribution in [0.5, 0.6) is 5.75 Å². The standard InChI is InChI=1S/C17H23F3N2O6S/c1-5-10-29(26)21(4)16(3,17(19,20)15(23)27-6-2)12-8-7-9-13(22(24)25)14(12)28-11-18/h7-9H,5-6,10-11H2,1-4H3/t16-,29-/m1/s1. The summed E-state index contributed by atoms with van der Waals surface area (Å²) < 4.78 is 66.2. The normalized spacial score (nSPS) is 14.9. The molecule has 0 radical (unpaired) electrons. The monoisotopic (exact) mass is 440 g/mol. The van der Waals surface area contributed by atoms with Crippen molar-refractivity contribution in [3.05, 3.63) is 33.9 Å². The minimum absolute atomic E-state index is 0.0147. The fraction of sp³-hybridized carbons (Fsp3) is 0.588. The average Bonchev–Trinajstić information content (AvgIpc) is 2.67. The molecule has 29 heavy (non-hydrogen) atoms. The minimum atomic E-state index is -4.31. The first-order chi connectivity index (χ1) is 13.5. The van der Waals surface area contributed by atoms with Crippen molar-refractivity contribution >= 4 is 22.6 Å². The lowest BCUT2D eigenvalue weighted by atomic mass is 9.84. The molecule has 0 bridgehead atoms. The zero-order valence-corrected chi connectivity index (χ0v) is 17.3. The van der Waals surface area contributed by atoms with Crippen molar-refractivity contribution in [3.8, 4) is 5.75 Å². The quantitative estimate of drug-likeness (QED) is 0.297. The van der Waals surface area contributed by atoms with Gasteiger partial charge in [0.1, 0.15) is 5.54 Å². The summed E-state index contributed by atoms with van der Waals surface area (Å²) in [6.45, 7) is 1.99. The minimum Gasteiger partial charge on any atom is -0.461 e. The first kappa shape index (κ1) is 24.8. The Hall–Kier alpha value is -2.21. The van der Waals surface area contributed by atoms with Gasteiger partial charge in [0, 0.05) is 24.4 Å². The molecule has 0 aliphatic heterocycles. The van der Waals surface area contributed by atoms with Crippen LogP contribution >= 0.6 is 0 Å². The number of nitro groups is 1. The molecule has 0 unspecified atom stereocenters. The van der Waals surface area contributed by atoms with E-state index in [0.29, 0.717) is 6.42 Å². The van der Waals surface area contributed by atoms with Crippen molar-refractivity contribution in [2.45, 2.75) is 38.7 Å². The number of esters is 1. The largest absolute Gasteiger partial charge is 0.461 e. The third kappa shape index (κ3) is 4.69. The Balaban J connectivity index is 3.87. The number of carbonyl (C=O) groups excluding carboxylic acids is 1. The highest BCUT2D eigenvalue weighted by Crippen LogP contribution is 2.49. The van der Waals surface area contributed by atoms with Crippen LogP contribution in [-0.4, -0.2) is 51.6 Å². The molecule has 0 aromatic heterocycles. The van der Waals surface area contributed by atoms with E-state index in [-0.39, 0.29) is 12.4 Å². The fourth-order valence-electron chi connectivity index (χ4n) is 2.73. The van der Waals surface area contributed by atoms with E-state index in [4.69, 9.17) is 0 Å². The maximum Gasteiger partial charge on any atom is 0.379 e. The Kier molecular flexibility index (Phi) is 8.57. The Labute approximate surface area is 168 Å². The molecular formula is C17H23F3N2O6S. The summed E-state index contributed by atoms with van der Waals surface area (Å²) in [6.07, 6.45) is 0.376. The third-order valence-electron chi connectivity index (χ3n) is 4.37. The molecule has 1 aromatic rings. The summed E-state index contributed by atoms with van der Waals surface area (Å²) >= 11 is 0. The van der Waals surface area contributed by atoms with Gasteiger partial charge in [-0.05, 0) is 20.3 Å². The Morgan fingerprint density at radius 2 is 1.97 bits per heavy atom. The number of nitro benzene ring substituents is 1. The second-order valence-electron chi connectivity index (χ2n) is 6.05. The topological polar surface area (TPSA) is 99.0 Å². The number of benzene rings is 1. The number of ether oxygens (including phenoxy) is 2. The van der Waals surface area contributed by atoms with Crippen LogP contribution in [0.2, 0.25) is 0 Å². The van der Waals surface area contributed by atoms with Gasteiger partial charge in [-0.15, -0.1) is 0 Å². The Bertz CT molecular complexity index is 780. The molecule has 1 aromatic carbocycles. The van der Waals surface area contributed by atoms with E-state index in [1.165, 1.54) is 6.92 Å². The number of carbonyl (C=O) groups is 1. The lowest BCUT2D eigenvalue weighted by Crippen LogP contribution is -2.59. The van der Waals surface area contributed by atoms with E-state index in [0.717, 1.165) is 36.5 Å². The third-order valence-corrected chi connectivity index (χ3v) is 6.11. The van der Waals surface area contributed by atoms with Gasteiger partial charge in [-0.2, -0.15) is 8.78 Å². The second-order valence-corrected chi connectivity index (χ2v) is 7.65. The maximum absolute atomic E-state index is 15.4. The van der Waals surface area contributed by atoms with Gasteiger partial charge < -0.3 is 9.47 Å². The molecule has 12 heteroatoms. The number of halogens is 3. The van der Waals surface area contributed by atoms with Crippen LogP contribution in [0.3, 0.4) is 0 Å². The van der Waals surface area contributed by atoms with Gasteiger partial charge in [-0.25, -0.2) is 17.7 Å². The van der Waals surface area contributed by atoms with Crippen molar-refractivity contribution < 1.29 is 36.6 Å². The zero-order valence-electron chi connectivity index (χ0n) is 16.4. The van der Waals surface area contributed by atoms with Crippen molar-refractivity contribution in [1.29, 1.82) is 0 Å². The van der Waals surface area contributed by atoms with Gasteiger partial charge in [0.05, 0.1) is 22.5 Å². The van der Waals surface area contributed by atoms with Crippen LogP contribution < -0.4 is 4.74 Å². The number of para-hydroxylation sites is 1. The molecule has 0 fully saturated rings. The van der Waals surface area contributed by atoms with Gasteiger partial charge in [-0.3, -0.25) is 10.1 Å². The highest BCUT2D eigenvalue weighted by molar-refractivity contribution is 7.82. The molecule has 0 aliphatic rings. The van der Waals surface area contributed by atoms with Crippen molar-refractivity contribution in [3.63, 3.8) is 0 Å². The first-order valence-electron chi connectivity index (χ1n) is 8.64. The average molecular weight is 440 g/mol. The lowest BCUT2D eigenvalue weighted by molar-refractivity contribution is -0.386. The predicted octanol–water partition coefficient (Wildman–Crippen LogP) is 3.32. The molecule has 0 amide bonds. The highest BCUT2D eigenvalue weighted by Gasteiger charge is 2.63. The van der Waals surface area contributed by atoms with Crippen molar-refractivity contribution in [1.82, 2.24) is 4.31 Å². The molecule has 2 atom stereocenters. The van der Waals surface area contributed by atoms with Gasteiger partial charge in [-0.1, -0.05) is 19.1 Å². The van der Waals surface area contributed by atoms with Crippen LogP contribution in [0.15, 0.2) is 18.2 Å². The maximum atomic E-state index is 15.4. The van der Waals surface area contributed by atoms with Crippen LogP contribution in [-0.2, 0) is 26.1 Å². The van der Waals surface area contributed by atoms with Crippen molar-refractivity contribution in [2.24, 2.45) is 0 Å². The Morgan fingerprint density at radius 3 is 2.45 bits per heavy atom. The summed E-state index contributed by atoms with van der Waals surface area (Å²) in [6, 6.07) is 3.07. The molecule has 0 N–H and O–H groups in total. The number of hydrogen-bond donors (Lipinski definition) is 0. The summed E-state index contributed by atoms with van der Waals surface area (Å²) in [4.78, 5) is 22.5. The predicted molar refractivity (Wildman–Crippen MR) is 99.7 cm³/mol. The smallest absolute Gasteiger partial charge is 0.379 e. The molecule has 0 saturated carbocycles. The molecule has 0 spiro atoms. The second kappa shape index (κ2) is 10.0. The molecule has 164 valence electrons. The van der Waals surface area contributed by atoms with Crippen LogP contribution in [0.4, 0.5) is 18.9 Å². The van der Waals surface area contributed by atoms with Crippen LogP contribution in [0.1, 0.15) is 32.8 Å². The number of nitrogens with zero attached hydrogens (tertiary/aromatic N) is 2. The van der Waals surface area contributed by atoms with Crippen LogP contribution in [0.25, 0.3) is 0 Å². The number of alkyl halides is 3. The van der Waals surface area contributed by atoms with Gasteiger partial charge in [0.15, 0.2) is 0 Å². The lowest BCUT2D eigenvalue weighted by Gasteiger charge is -2.42.